The molecule has 0 atom stereocenters. The van der Waals surface area contributed by atoms with Crippen molar-refractivity contribution in [1.82, 2.24) is 20.1 Å². The summed E-state index contributed by atoms with van der Waals surface area (Å²) >= 11 is 7.41. The molecule has 0 aliphatic heterocycles. The first-order chi connectivity index (χ1) is 12.5. The minimum Gasteiger partial charge on any atom is -0.351 e. The zero-order valence-electron chi connectivity index (χ0n) is 13.9. The Morgan fingerprint density at radius 3 is 2.88 bits per heavy atom. The zero-order chi connectivity index (χ0) is 18.5. The van der Waals surface area contributed by atoms with Gasteiger partial charge in [-0.1, -0.05) is 47.6 Å². The molecular formula is C18H16ClFN4OS. The number of aryl methyl sites for hydroxylation is 1. The minimum absolute atomic E-state index is 0.145. The third-order valence-corrected chi connectivity index (χ3v) is 5.07. The second-order valence-electron chi connectivity index (χ2n) is 5.57. The van der Waals surface area contributed by atoms with Crippen LogP contribution in [0, 0.1) is 12.7 Å². The Hall–Kier alpha value is -2.38. The van der Waals surface area contributed by atoms with Crippen molar-refractivity contribution in [2.24, 2.45) is 0 Å². The highest BCUT2D eigenvalue weighted by atomic mass is 35.5. The SMILES string of the molecule is Cc1ccc(-n2cnnc2SCC(=O)NCc2ccccc2F)cc1Cl. The number of hydrogen-bond acceptors (Lipinski definition) is 4. The highest BCUT2D eigenvalue weighted by Gasteiger charge is 2.11. The lowest BCUT2D eigenvalue weighted by Crippen LogP contribution is -2.25. The molecule has 8 heteroatoms. The van der Waals surface area contributed by atoms with E-state index in [4.69, 9.17) is 11.6 Å². The molecule has 1 heterocycles. The van der Waals surface area contributed by atoms with E-state index in [1.165, 1.54) is 17.8 Å². The number of benzene rings is 2. The van der Waals surface area contributed by atoms with E-state index in [0.717, 1.165) is 11.3 Å². The summed E-state index contributed by atoms with van der Waals surface area (Å²) < 4.78 is 15.3. The van der Waals surface area contributed by atoms with Gasteiger partial charge in [-0.15, -0.1) is 10.2 Å². The van der Waals surface area contributed by atoms with Crippen molar-refractivity contribution in [3.63, 3.8) is 0 Å². The molecule has 0 aliphatic carbocycles. The molecule has 1 aromatic heterocycles. The summed E-state index contributed by atoms with van der Waals surface area (Å²) in [6.45, 7) is 2.07. The van der Waals surface area contributed by atoms with Crippen LogP contribution in [0.4, 0.5) is 4.39 Å². The Labute approximate surface area is 159 Å². The molecule has 0 spiro atoms. The van der Waals surface area contributed by atoms with Gasteiger partial charge in [0.25, 0.3) is 0 Å². The maximum atomic E-state index is 13.6. The molecule has 0 radical (unpaired) electrons. The van der Waals surface area contributed by atoms with Crippen LogP contribution in [0.25, 0.3) is 5.69 Å². The van der Waals surface area contributed by atoms with Crippen LogP contribution < -0.4 is 5.32 Å². The summed E-state index contributed by atoms with van der Waals surface area (Å²) in [5, 5.41) is 11.9. The van der Waals surface area contributed by atoms with Gasteiger partial charge in [0.15, 0.2) is 5.16 Å². The van der Waals surface area contributed by atoms with Crippen LogP contribution in [-0.2, 0) is 11.3 Å². The summed E-state index contributed by atoms with van der Waals surface area (Å²) in [6.07, 6.45) is 1.57. The van der Waals surface area contributed by atoms with Crippen molar-refractivity contribution in [2.75, 3.05) is 5.75 Å². The maximum Gasteiger partial charge on any atom is 0.230 e. The van der Waals surface area contributed by atoms with E-state index in [1.54, 1.807) is 29.1 Å². The lowest BCUT2D eigenvalue weighted by molar-refractivity contribution is -0.118. The van der Waals surface area contributed by atoms with E-state index in [1.807, 2.05) is 25.1 Å². The van der Waals surface area contributed by atoms with Crippen LogP contribution in [-0.4, -0.2) is 26.4 Å². The van der Waals surface area contributed by atoms with E-state index in [9.17, 15) is 9.18 Å². The third-order valence-electron chi connectivity index (χ3n) is 3.72. The molecule has 134 valence electrons. The molecule has 3 rings (SSSR count). The Morgan fingerprint density at radius 2 is 2.12 bits per heavy atom. The molecule has 1 N–H and O–H groups in total. The van der Waals surface area contributed by atoms with E-state index >= 15 is 0 Å². The minimum atomic E-state index is -0.337. The van der Waals surface area contributed by atoms with Crippen LogP contribution in [0.15, 0.2) is 53.9 Å². The number of nitrogens with one attached hydrogen (secondary N) is 1. The normalized spacial score (nSPS) is 10.7. The van der Waals surface area contributed by atoms with E-state index in [-0.39, 0.29) is 24.0 Å². The molecule has 0 fully saturated rings. The largest absolute Gasteiger partial charge is 0.351 e. The van der Waals surface area contributed by atoms with E-state index in [2.05, 4.69) is 15.5 Å². The molecular weight excluding hydrogens is 375 g/mol. The number of amides is 1. The number of hydrogen-bond donors (Lipinski definition) is 1. The number of carbonyl (C=O) groups excluding carboxylic acids is 1. The van der Waals surface area contributed by atoms with Crippen molar-refractivity contribution < 1.29 is 9.18 Å². The number of carbonyl (C=O) groups is 1. The van der Waals surface area contributed by atoms with Crippen LogP contribution in [0.2, 0.25) is 5.02 Å². The summed E-state index contributed by atoms with van der Waals surface area (Å²) in [7, 11) is 0. The van der Waals surface area contributed by atoms with Crippen molar-refractivity contribution in [3.05, 3.63) is 70.8 Å². The summed E-state index contributed by atoms with van der Waals surface area (Å²) in [5.41, 5.74) is 2.24. The fourth-order valence-electron chi connectivity index (χ4n) is 2.25. The van der Waals surface area contributed by atoms with Crippen LogP contribution in [0.3, 0.4) is 0 Å². The number of rotatable bonds is 6. The highest BCUT2D eigenvalue weighted by Crippen LogP contribution is 2.23. The second kappa shape index (κ2) is 8.33. The van der Waals surface area contributed by atoms with E-state index in [0.29, 0.717) is 15.7 Å². The van der Waals surface area contributed by atoms with Crippen molar-refractivity contribution in [3.8, 4) is 5.69 Å². The van der Waals surface area contributed by atoms with Crippen LogP contribution >= 0.6 is 23.4 Å². The number of halogens is 2. The number of thioether (sulfide) groups is 1. The van der Waals surface area contributed by atoms with Gasteiger partial charge < -0.3 is 5.32 Å². The smallest absolute Gasteiger partial charge is 0.230 e. The van der Waals surface area contributed by atoms with Gasteiger partial charge >= 0.3 is 0 Å². The van der Waals surface area contributed by atoms with Gasteiger partial charge in [-0.2, -0.15) is 0 Å². The standard InChI is InChI=1S/C18H16ClFN4OS/c1-12-6-7-14(8-15(12)19)24-11-22-23-18(24)26-10-17(25)21-9-13-4-2-3-5-16(13)20/h2-8,11H,9-10H2,1H3,(H,21,25). The predicted molar refractivity (Wildman–Crippen MR) is 100 cm³/mol. The molecule has 0 saturated heterocycles. The molecule has 1 amide bonds. The summed E-state index contributed by atoms with van der Waals surface area (Å²) in [4.78, 5) is 12.0. The lowest BCUT2D eigenvalue weighted by atomic mass is 10.2. The van der Waals surface area contributed by atoms with Gasteiger partial charge in [0, 0.05) is 17.1 Å². The van der Waals surface area contributed by atoms with Gasteiger partial charge in [0.05, 0.1) is 11.4 Å². The molecule has 0 aliphatic rings. The maximum absolute atomic E-state index is 13.6. The predicted octanol–water partition coefficient (Wildman–Crippen LogP) is 3.78. The molecule has 0 bridgehead atoms. The van der Waals surface area contributed by atoms with Gasteiger partial charge in [-0.05, 0) is 30.7 Å². The first-order valence-corrected chi connectivity index (χ1v) is 9.20. The Kier molecular flexibility index (Phi) is 5.90. The molecule has 0 saturated carbocycles. The molecule has 2 aromatic carbocycles. The Balaban J connectivity index is 1.60. The van der Waals surface area contributed by atoms with Gasteiger partial charge in [0.2, 0.25) is 5.91 Å². The zero-order valence-corrected chi connectivity index (χ0v) is 15.5. The topological polar surface area (TPSA) is 59.8 Å². The quantitative estimate of drug-likeness (QED) is 0.651. The van der Waals surface area contributed by atoms with Gasteiger partial charge in [0.1, 0.15) is 12.1 Å². The lowest BCUT2D eigenvalue weighted by Gasteiger charge is -2.08. The highest BCUT2D eigenvalue weighted by molar-refractivity contribution is 7.99. The fraction of sp³-hybridized carbons (Fsp3) is 0.167. The summed E-state index contributed by atoms with van der Waals surface area (Å²) in [6, 6.07) is 12.0. The molecule has 5 nitrogen and oxygen atoms in total. The van der Waals surface area contributed by atoms with Crippen LogP contribution in [0.5, 0.6) is 0 Å². The second-order valence-corrected chi connectivity index (χ2v) is 6.92. The van der Waals surface area contributed by atoms with Crippen molar-refractivity contribution in [2.45, 2.75) is 18.6 Å². The Morgan fingerprint density at radius 1 is 1.31 bits per heavy atom. The first kappa shape index (κ1) is 18.4. The molecule has 0 unspecified atom stereocenters. The average Bonchev–Trinajstić information content (AvgIpc) is 3.10. The first-order valence-electron chi connectivity index (χ1n) is 7.84. The van der Waals surface area contributed by atoms with Crippen molar-refractivity contribution >= 4 is 29.3 Å². The number of nitrogens with zero attached hydrogens (tertiary/aromatic N) is 3. The van der Waals surface area contributed by atoms with E-state index < -0.39 is 0 Å². The third kappa shape index (κ3) is 4.42. The van der Waals surface area contributed by atoms with Gasteiger partial charge in [-0.3, -0.25) is 9.36 Å². The Bertz CT molecular complexity index is 931. The average molecular weight is 391 g/mol. The molecule has 26 heavy (non-hydrogen) atoms. The monoisotopic (exact) mass is 390 g/mol. The van der Waals surface area contributed by atoms with Crippen LogP contribution in [0.1, 0.15) is 11.1 Å². The summed E-state index contributed by atoms with van der Waals surface area (Å²) in [5.74, 6) is -0.404. The molecule has 3 aromatic rings. The number of aromatic nitrogens is 3. The van der Waals surface area contributed by atoms with Gasteiger partial charge in [-0.25, -0.2) is 4.39 Å². The fourth-order valence-corrected chi connectivity index (χ4v) is 3.18. The van der Waals surface area contributed by atoms with Crippen molar-refractivity contribution in [1.29, 1.82) is 0 Å².